The third-order valence-electron chi connectivity index (χ3n) is 3.52. The van der Waals surface area contributed by atoms with Gasteiger partial charge in [-0.3, -0.25) is 0 Å². The Balaban J connectivity index is 2.61. The van der Waals surface area contributed by atoms with Crippen molar-refractivity contribution >= 4 is 0 Å². The summed E-state index contributed by atoms with van der Waals surface area (Å²) >= 11 is 0. The quantitative estimate of drug-likeness (QED) is 0.593. The van der Waals surface area contributed by atoms with Gasteiger partial charge in [0.05, 0.1) is 20.1 Å². The van der Waals surface area contributed by atoms with E-state index >= 15 is 0 Å². The highest BCUT2D eigenvalue weighted by atomic mass is 15.5. The molecule has 0 N–H and O–H groups in total. The van der Waals surface area contributed by atoms with Crippen molar-refractivity contribution in [3.8, 4) is 0 Å². The third-order valence-corrected chi connectivity index (χ3v) is 3.52. The van der Waals surface area contributed by atoms with Crippen LogP contribution in [0.1, 0.15) is 27.7 Å². The molecular weight excluding hydrogens is 160 g/mol. The first-order valence-corrected chi connectivity index (χ1v) is 5.41. The Kier molecular flexibility index (Phi) is 3.03. The minimum atomic E-state index is 0.734. The van der Waals surface area contributed by atoms with E-state index in [-0.39, 0.29) is 0 Å². The van der Waals surface area contributed by atoms with E-state index in [2.05, 4.69) is 46.7 Å². The monoisotopic (exact) mass is 185 g/mol. The van der Waals surface area contributed by atoms with Gasteiger partial charge >= 0.3 is 0 Å². The average Bonchev–Trinajstić information content (AvgIpc) is 2.13. The predicted molar refractivity (Wildman–Crippen MR) is 57.4 cm³/mol. The van der Waals surface area contributed by atoms with Gasteiger partial charge in [-0.2, -0.15) is 0 Å². The zero-order valence-electron chi connectivity index (χ0n) is 10.0. The lowest BCUT2D eigenvalue weighted by Gasteiger charge is -2.28. The Morgan fingerprint density at radius 2 is 1.85 bits per heavy atom. The summed E-state index contributed by atoms with van der Waals surface area (Å²) in [5, 5.41) is 0. The fourth-order valence-corrected chi connectivity index (χ4v) is 2.31. The molecule has 1 rings (SSSR count). The molecule has 78 valence electrons. The normalized spacial score (nSPS) is 34.4. The van der Waals surface area contributed by atoms with E-state index in [0.29, 0.717) is 0 Å². The van der Waals surface area contributed by atoms with Crippen LogP contribution in [-0.4, -0.2) is 48.8 Å². The molecule has 0 aromatic rings. The molecule has 1 aliphatic rings. The Morgan fingerprint density at radius 3 is 2.15 bits per heavy atom. The van der Waals surface area contributed by atoms with E-state index in [1.54, 1.807) is 0 Å². The van der Waals surface area contributed by atoms with Crippen LogP contribution in [-0.2, 0) is 0 Å². The van der Waals surface area contributed by atoms with Gasteiger partial charge in [0.25, 0.3) is 0 Å². The van der Waals surface area contributed by atoms with Crippen LogP contribution in [0.2, 0.25) is 0 Å². The van der Waals surface area contributed by atoms with Gasteiger partial charge < -0.3 is 4.48 Å². The van der Waals surface area contributed by atoms with E-state index in [1.807, 2.05) is 0 Å². The van der Waals surface area contributed by atoms with Crippen molar-refractivity contribution in [2.45, 2.75) is 39.8 Å². The van der Waals surface area contributed by atoms with Crippen LogP contribution < -0.4 is 0 Å². The van der Waals surface area contributed by atoms with Crippen LogP contribution in [0.15, 0.2) is 0 Å². The highest BCUT2D eigenvalue weighted by molar-refractivity contribution is 4.78. The SMILES string of the molecule is CC(C)CN1C[N+](C)(C)C(C)C1C. The number of nitrogens with zero attached hydrogens (tertiary/aromatic N) is 2. The second kappa shape index (κ2) is 3.58. The zero-order valence-corrected chi connectivity index (χ0v) is 10.0. The highest BCUT2D eigenvalue weighted by Gasteiger charge is 2.42. The second-order valence-electron chi connectivity index (χ2n) is 5.57. The molecule has 0 aliphatic carbocycles. The molecule has 1 fully saturated rings. The first kappa shape index (κ1) is 11.0. The molecule has 1 saturated heterocycles. The van der Waals surface area contributed by atoms with Gasteiger partial charge in [-0.05, 0) is 19.8 Å². The third kappa shape index (κ3) is 2.23. The second-order valence-corrected chi connectivity index (χ2v) is 5.57. The van der Waals surface area contributed by atoms with Crippen molar-refractivity contribution in [2.75, 3.05) is 27.3 Å². The lowest BCUT2D eigenvalue weighted by Crippen LogP contribution is -2.44. The van der Waals surface area contributed by atoms with Crippen molar-refractivity contribution in [1.29, 1.82) is 0 Å². The molecule has 0 amide bonds. The number of hydrogen-bond acceptors (Lipinski definition) is 1. The predicted octanol–water partition coefficient (Wildman–Crippen LogP) is 1.77. The summed E-state index contributed by atoms with van der Waals surface area (Å²) in [6.07, 6.45) is 0. The molecule has 1 aliphatic heterocycles. The molecule has 0 spiro atoms. The fourth-order valence-electron chi connectivity index (χ4n) is 2.31. The molecule has 0 radical (unpaired) electrons. The zero-order chi connectivity index (χ0) is 10.2. The van der Waals surface area contributed by atoms with Crippen molar-refractivity contribution in [3.63, 3.8) is 0 Å². The smallest absolute Gasteiger partial charge is 0.135 e. The van der Waals surface area contributed by atoms with Gasteiger partial charge in [-0.15, -0.1) is 0 Å². The van der Waals surface area contributed by atoms with Crippen LogP contribution in [0, 0.1) is 5.92 Å². The largest absolute Gasteiger partial charge is 0.312 e. The average molecular weight is 185 g/mol. The summed E-state index contributed by atoms with van der Waals surface area (Å²) in [4.78, 5) is 2.62. The summed E-state index contributed by atoms with van der Waals surface area (Å²) in [7, 11) is 4.67. The number of quaternary nitrogens is 1. The Bertz CT molecular complexity index is 175. The summed E-state index contributed by atoms with van der Waals surface area (Å²) in [5.74, 6) is 0.785. The van der Waals surface area contributed by atoms with Crippen molar-refractivity contribution in [1.82, 2.24) is 4.90 Å². The fraction of sp³-hybridized carbons (Fsp3) is 1.00. The maximum absolute atomic E-state index is 2.62. The molecule has 0 saturated carbocycles. The van der Waals surface area contributed by atoms with Crippen LogP contribution in [0.5, 0.6) is 0 Å². The summed E-state index contributed by atoms with van der Waals surface area (Å²) in [6.45, 7) is 11.8. The van der Waals surface area contributed by atoms with E-state index < -0.39 is 0 Å². The summed E-state index contributed by atoms with van der Waals surface area (Å²) in [6, 6.07) is 1.50. The first-order chi connectivity index (χ1) is 5.84. The maximum atomic E-state index is 2.62. The molecule has 0 aromatic heterocycles. The molecule has 0 aromatic carbocycles. The Hall–Kier alpha value is -0.0800. The highest BCUT2D eigenvalue weighted by Crippen LogP contribution is 2.25. The van der Waals surface area contributed by atoms with Gasteiger partial charge in [0.15, 0.2) is 0 Å². The number of likely N-dealkylation sites (N-methyl/N-ethyl adjacent to an activating group) is 1. The van der Waals surface area contributed by atoms with Gasteiger partial charge in [-0.1, -0.05) is 13.8 Å². The number of hydrogen-bond donors (Lipinski definition) is 0. The van der Waals surface area contributed by atoms with Crippen LogP contribution in [0.25, 0.3) is 0 Å². The minimum absolute atomic E-state index is 0.734. The van der Waals surface area contributed by atoms with Crippen molar-refractivity contribution in [2.24, 2.45) is 5.92 Å². The lowest BCUT2D eigenvalue weighted by molar-refractivity contribution is -0.904. The van der Waals surface area contributed by atoms with Gasteiger partial charge in [0.1, 0.15) is 12.7 Å². The molecule has 2 nitrogen and oxygen atoms in total. The Morgan fingerprint density at radius 1 is 1.31 bits per heavy atom. The van der Waals surface area contributed by atoms with E-state index in [1.165, 1.54) is 13.2 Å². The van der Waals surface area contributed by atoms with Gasteiger partial charge in [0.2, 0.25) is 0 Å². The van der Waals surface area contributed by atoms with Crippen LogP contribution in [0.3, 0.4) is 0 Å². The van der Waals surface area contributed by atoms with Gasteiger partial charge in [0, 0.05) is 6.54 Å². The molecule has 1 heterocycles. The lowest BCUT2D eigenvalue weighted by atomic mass is 10.1. The molecule has 2 unspecified atom stereocenters. The van der Waals surface area contributed by atoms with Crippen molar-refractivity contribution in [3.05, 3.63) is 0 Å². The summed E-state index contributed by atoms with van der Waals surface area (Å²) < 4.78 is 1.15. The number of rotatable bonds is 2. The van der Waals surface area contributed by atoms with Crippen LogP contribution in [0.4, 0.5) is 0 Å². The van der Waals surface area contributed by atoms with E-state index in [0.717, 1.165) is 22.5 Å². The molecule has 13 heavy (non-hydrogen) atoms. The molecular formula is C11H25N2+. The molecule has 0 bridgehead atoms. The minimum Gasteiger partial charge on any atom is -0.312 e. The standard InChI is InChI=1S/C11H25N2/c1-9(2)7-12-8-13(5,6)11(4)10(12)3/h9-11H,7-8H2,1-6H3/q+1. The van der Waals surface area contributed by atoms with E-state index in [9.17, 15) is 0 Å². The van der Waals surface area contributed by atoms with Crippen molar-refractivity contribution < 1.29 is 4.48 Å². The topological polar surface area (TPSA) is 3.24 Å². The van der Waals surface area contributed by atoms with E-state index in [4.69, 9.17) is 0 Å². The van der Waals surface area contributed by atoms with Crippen LogP contribution >= 0.6 is 0 Å². The molecule has 2 atom stereocenters. The first-order valence-electron chi connectivity index (χ1n) is 5.41. The van der Waals surface area contributed by atoms with Gasteiger partial charge in [-0.25, -0.2) is 4.90 Å². The summed E-state index contributed by atoms with van der Waals surface area (Å²) in [5.41, 5.74) is 0. The Labute approximate surface area is 83.1 Å². The maximum Gasteiger partial charge on any atom is 0.135 e. The molecule has 2 heteroatoms.